The Labute approximate surface area is 159 Å². The molecule has 0 saturated carbocycles. The second kappa shape index (κ2) is 9.39. The van der Waals surface area contributed by atoms with Crippen LogP contribution in [0, 0.1) is 0 Å². The van der Waals surface area contributed by atoms with Gasteiger partial charge in [-0.1, -0.05) is 78.9 Å². The molecule has 4 aromatic rings. The molecular formula is C24H23NO2. The number of para-hydroxylation sites is 1. The van der Waals surface area contributed by atoms with E-state index in [0.717, 1.165) is 12.1 Å². The monoisotopic (exact) mass is 357 g/mol. The van der Waals surface area contributed by atoms with Crippen molar-refractivity contribution in [3.8, 4) is 0 Å². The molecule has 0 atom stereocenters. The third kappa shape index (κ3) is 5.58. The molecule has 4 rings (SSSR count). The van der Waals surface area contributed by atoms with E-state index in [4.69, 9.17) is 5.11 Å². The van der Waals surface area contributed by atoms with Crippen LogP contribution < -0.4 is 0 Å². The van der Waals surface area contributed by atoms with Gasteiger partial charge in [-0.2, -0.15) is 0 Å². The Bertz CT molecular complexity index is 975. The van der Waals surface area contributed by atoms with E-state index in [9.17, 15) is 4.79 Å². The van der Waals surface area contributed by atoms with Gasteiger partial charge < -0.3 is 9.67 Å². The summed E-state index contributed by atoms with van der Waals surface area (Å²) in [6, 6.07) is 30.8. The molecule has 0 spiro atoms. The third-order valence-electron chi connectivity index (χ3n) is 4.35. The molecule has 0 bridgehead atoms. The summed E-state index contributed by atoms with van der Waals surface area (Å²) in [6.07, 6.45) is 2.98. The van der Waals surface area contributed by atoms with Crippen LogP contribution in [-0.2, 0) is 17.8 Å². The van der Waals surface area contributed by atoms with E-state index in [1.807, 2.05) is 30.3 Å². The second-order valence-electron chi connectivity index (χ2n) is 6.37. The van der Waals surface area contributed by atoms with E-state index in [-0.39, 0.29) is 6.42 Å². The van der Waals surface area contributed by atoms with Gasteiger partial charge in [-0.05, 0) is 35.1 Å². The van der Waals surface area contributed by atoms with Crippen LogP contribution in [0.3, 0.4) is 0 Å². The topological polar surface area (TPSA) is 42.2 Å². The molecule has 0 aliphatic carbocycles. The minimum absolute atomic E-state index is 0.212. The van der Waals surface area contributed by atoms with Gasteiger partial charge in [0.25, 0.3) is 0 Å². The molecule has 0 amide bonds. The summed E-state index contributed by atoms with van der Waals surface area (Å²) in [5, 5.41) is 9.68. The minimum Gasteiger partial charge on any atom is -0.481 e. The van der Waals surface area contributed by atoms with Crippen molar-refractivity contribution in [2.24, 2.45) is 0 Å². The van der Waals surface area contributed by atoms with Crippen LogP contribution in [0.15, 0.2) is 97.2 Å². The van der Waals surface area contributed by atoms with E-state index in [1.54, 1.807) is 0 Å². The van der Waals surface area contributed by atoms with E-state index in [1.165, 1.54) is 16.5 Å². The Morgan fingerprint density at radius 3 is 2.00 bits per heavy atom. The summed E-state index contributed by atoms with van der Waals surface area (Å²) in [6.45, 7) is 0.939. The number of hydrogen-bond acceptors (Lipinski definition) is 1. The first kappa shape index (κ1) is 18.5. The maximum absolute atomic E-state index is 10.2. The molecule has 0 aliphatic rings. The van der Waals surface area contributed by atoms with E-state index in [0.29, 0.717) is 6.42 Å². The second-order valence-corrected chi connectivity index (χ2v) is 6.37. The van der Waals surface area contributed by atoms with Crippen molar-refractivity contribution in [1.29, 1.82) is 0 Å². The zero-order valence-electron chi connectivity index (χ0n) is 15.2. The van der Waals surface area contributed by atoms with Crippen LogP contribution in [-0.4, -0.2) is 15.6 Å². The Kier molecular flexibility index (Phi) is 6.42. The van der Waals surface area contributed by atoms with Gasteiger partial charge >= 0.3 is 5.97 Å². The number of hydrogen-bond donors (Lipinski definition) is 1. The van der Waals surface area contributed by atoms with Gasteiger partial charge in [-0.3, -0.25) is 4.79 Å². The number of benzene rings is 3. The first-order valence-electron chi connectivity index (χ1n) is 9.06. The third-order valence-corrected chi connectivity index (χ3v) is 4.35. The lowest BCUT2D eigenvalue weighted by atomic mass is 10.1. The fraction of sp³-hybridized carbons (Fsp3) is 0.125. The molecule has 0 unspecified atom stereocenters. The molecule has 0 fully saturated rings. The predicted molar refractivity (Wildman–Crippen MR) is 110 cm³/mol. The van der Waals surface area contributed by atoms with Crippen molar-refractivity contribution in [3.63, 3.8) is 0 Å². The summed E-state index contributed by atoms with van der Waals surface area (Å²) in [7, 11) is 0. The highest BCUT2D eigenvalue weighted by Crippen LogP contribution is 2.16. The lowest BCUT2D eigenvalue weighted by Crippen LogP contribution is -1.96. The SMILES string of the molecule is O=C(O)CCc1ccccc1.c1ccc(Cn2ccc3ccccc32)cc1. The molecule has 3 heteroatoms. The number of carbonyl (C=O) groups is 1. The number of aryl methyl sites for hydroxylation is 1. The van der Waals surface area contributed by atoms with Crippen LogP contribution in [0.2, 0.25) is 0 Å². The molecule has 3 aromatic carbocycles. The van der Waals surface area contributed by atoms with Gasteiger partial charge in [0.1, 0.15) is 0 Å². The maximum Gasteiger partial charge on any atom is 0.303 e. The van der Waals surface area contributed by atoms with E-state index < -0.39 is 5.97 Å². The first-order valence-corrected chi connectivity index (χ1v) is 9.06. The molecule has 3 nitrogen and oxygen atoms in total. The first-order chi connectivity index (χ1) is 13.2. The normalized spacial score (nSPS) is 10.2. The van der Waals surface area contributed by atoms with Gasteiger partial charge in [0.15, 0.2) is 0 Å². The van der Waals surface area contributed by atoms with Crippen LogP contribution in [0.25, 0.3) is 10.9 Å². The van der Waals surface area contributed by atoms with Gasteiger partial charge in [0.05, 0.1) is 0 Å². The summed E-state index contributed by atoms with van der Waals surface area (Å²) < 4.78 is 2.28. The van der Waals surface area contributed by atoms with Gasteiger partial charge in [0.2, 0.25) is 0 Å². The van der Waals surface area contributed by atoms with Crippen molar-refractivity contribution < 1.29 is 9.90 Å². The van der Waals surface area contributed by atoms with Crippen molar-refractivity contribution in [2.75, 3.05) is 0 Å². The quantitative estimate of drug-likeness (QED) is 0.520. The van der Waals surface area contributed by atoms with Crippen molar-refractivity contribution in [1.82, 2.24) is 4.57 Å². The van der Waals surface area contributed by atoms with Crippen LogP contribution in [0.4, 0.5) is 0 Å². The minimum atomic E-state index is -0.742. The number of fused-ring (bicyclic) bond motifs is 1. The van der Waals surface area contributed by atoms with Gasteiger partial charge in [0, 0.05) is 24.7 Å². The summed E-state index contributed by atoms with van der Waals surface area (Å²) >= 11 is 0. The fourth-order valence-electron chi connectivity index (χ4n) is 2.95. The number of aliphatic carboxylic acids is 1. The number of carboxylic acids is 1. The summed E-state index contributed by atoms with van der Waals surface area (Å²) in [5.41, 5.74) is 3.71. The fourth-order valence-corrected chi connectivity index (χ4v) is 2.95. The highest BCUT2D eigenvalue weighted by atomic mass is 16.4. The molecule has 0 aliphatic heterocycles. The summed E-state index contributed by atoms with van der Waals surface area (Å²) in [4.78, 5) is 10.2. The van der Waals surface area contributed by atoms with Crippen LogP contribution in [0.5, 0.6) is 0 Å². The van der Waals surface area contributed by atoms with Gasteiger partial charge in [-0.25, -0.2) is 0 Å². The molecule has 0 radical (unpaired) electrons. The zero-order chi connectivity index (χ0) is 18.9. The number of aromatic nitrogens is 1. The molecule has 0 saturated heterocycles. The van der Waals surface area contributed by atoms with Crippen molar-refractivity contribution in [2.45, 2.75) is 19.4 Å². The lowest BCUT2D eigenvalue weighted by Gasteiger charge is -2.05. The van der Waals surface area contributed by atoms with E-state index >= 15 is 0 Å². The Hall–Kier alpha value is -3.33. The van der Waals surface area contributed by atoms with Crippen LogP contribution in [0.1, 0.15) is 17.5 Å². The standard InChI is InChI=1S/C15H13N.C9H10O2/c1-2-6-13(7-3-1)12-16-11-10-14-8-4-5-9-15(14)16;10-9(11)7-6-8-4-2-1-3-5-8/h1-11H,12H2;1-5H,6-7H2,(H,10,11). The Balaban J connectivity index is 0.000000168. The molecular weight excluding hydrogens is 334 g/mol. The van der Waals surface area contributed by atoms with Crippen LogP contribution >= 0.6 is 0 Å². The summed E-state index contributed by atoms with van der Waals surface area (Å²) in [5.74, 6) is -0.742. The number of nitrogens with zero attached hydrogens (tertiary/aromatic N) is 1. The average Bonchev–Trinajstić information content (AvgIpc) is 3.11. The highest BCUT2D eigenvalue weighted by Gasteiger charge is 2.00. The molecule has 1 N–H and O–H groups in total. The average molecular weight is 357 g/mol. The van der Waals surface area contributed by atoms with Crippen molar-refractivity contribution >= 4 is 16.9 Å². The Morgan fingerprint density at radius 1 is 0.741 bits per heavy atom. The number of rotatable bonds is 5. The molecule has 1 aromatic heterocycles. The largest absolute Gasteiger partial charge is 0.481 e. The van der Waals surface area contributed by atoms with Gasteiger partial charge in [-0.15, -0.1) is 0 Å². The Morgan fingerprint density at radius 2 is 1.33 bits per heavy atom. The molecule has 1 heterocycles. The zero-order valence-corrected chi connectivity index (χ0v) is 15.2. The smallest absolute Gasteiger partial charge is 0.303 e. The molecule has 27 heavy (non-hydrogen) atoms. The maximum atomic E-state index is 10.2. The lowest BCUT2D eigenvalue weighted by molar-refractivity contribution is -0.136. The van der Waals surface area contributed by atoms with E-state index in [2.05, 4.69) is 71.4 Å². The van der Waals surface area contributed by atoms with Crippen molar-refractivity contribution in [3.05, 3.63) is 108 Å². The molecule has 136 valence electrons. The number of carboxylic acid groups (broad SMARTS) is 1. The predicted octanol–water partition coefficient (Wildman–Crippen LogP) is 5.39. The highest BCUT2D eigenvalue weighted by molar-refractivity contribution is 5.80.